The van der Waals surface area contributed by atoms with E-state index in [2.05, 4.69) is 0 Å². The van der Waals surface area contributed by atoms with E-state index in [-0.39, 0.29) is 29.0 Å². The molecule has 1 fully saturated rings. The zero-order valence-electron chi connectivity index (χ0n) is 19.1. The van der Waals surface area contributed by atoms with Gasteiger partial charge in [-0.05, 0) is 56.5 Å². The molecule has 2 heterocycles. The highest BCUT2D eigenvalue weighted by Gasteiger charge is 2.34. The Morgan fingerprint density at radius 2 is 1.91 bits per heavy atom. The largest absolute Gasteiger partial charge is 0.341 e. The summed E-state index contributed by atoms with van der Waals surface area (Å²) in [6.45, 7) is 5.72. The monoisotopic (exact) mass is 485 g/mol. The maximum Gasteiger partial charge on any atom is 0.266 e. The highest BCUT2D eigenvalue weighted by Crippen LogP contribution is 2.29. The summed E-state index contributed by atoms with van der Waals surface area (Å²) in [7, 11) is -1.45. The standard InChI is InChI=1S/C24H27N3O4S2/c1-15-8-7-11-21(16(15)2)27-23(29)19-9-5-6-10-20(19)25-24(27)32-17(3)22(28)26(4)18-12-13-33(30,31)14-18/h5-11,17-18H,12-14H2,1-4H3. The number of fused-ring (bicyclic) bond motifs is 1. The number of carbonyl (C=O) groups excluding carboxylic acids is 1. The molecular weight excluding hydrogens is 458 g/mol. The van der Waals surface area contributed by atoms with Gasteiger partial charge in [0, 0.05) is 13.1 Å². The summed E-state index contributed by atoms with van der Waals surface area (Å²) in [6.07, 6.45) is 0.448. The van der Waals surface area contributed by atoms with Crippen LogP contribution >= 0.6 is 11.8 Å². The molecule has 0 aliphatic carbocycles. The summed E-state index contributed by atoms with van der Waals surface area (Å²) in [4.78, 5) is 33.0. The van der Waals surface area contributed by atoms with Gasteiger partial charge in [-0.3, -0.25) is 14.2 Å². The predicted octanol–water partition coefficient (Wildman–Crippen LogP) is 3.13. The third-order valence-corrected chi connectivity index (χ3v) is 9.09. The fourth-order valence-corrected chi connectivity index (χ4v) is 6.93. The Morgan fingerprint density at radius 3 is 2.61 bits per heavy atom. The van der Waals surface area contributed by atoms with Crippen molar-refractivity contribution in [1.29, 1.82) is 0 Å². The number of para-hydroxylation sites is 1. The van der Waals surface area contributed by atoms with E-state index in [1.54, 1.807) is 30.7 Å². The quantitative estimate of drug-likeness (QED) is 0.408. The molecule has 2 unspecified atom stereocenters. The normalized spacial score (nSPS) is 18.4. The molecule has 9 heteroatoms. The highest BCUT2D eigenvalue weighted by atomic mass is 32.2. The second kappa shape index (κ2) is 8.95. The van der Waals surface area contributed by atoms with Gasteiger partial charge >= 0.3 is 0 Å². The lowest BCUT2D eigenvalue weighted by Crippen LogP contribution is -2.42. The zero-order chi connectivity index (χ0) is 23.9. The van der Waals surface area contributed by atoms with Crippen molar-refractivity contribution in [2.75, 3.05) is 18.6 Å². The number of nitrogens with zero attached hydrogens (tertiary/aromatic N) is 3. The Balaban J connectivity index is 1.75. The molecule has 1 aliphatic heterocycles. The smallest absolute Gasteiger partial charge is 0.266 e. The van der Waals surface area contributed by atoms with Gasteiger partial charge in [0.2, 0.25) is 5.91 Å². The maximum atomic E-state index is 13.5. The van der Waals surface area contributed by atoms with Crippen LogP contribution in [0.25, 0.3) is 16.6 Å². The van der Waals surface area contributed by atoms with Crippen molar-refractivity contribution in [1.82, 2.24) is 14.5 Å². The summed E-state index contributed by atoms with van der Waals surface area (Å²) in [5, 5.41) is 0.387. The molecule has 0 bridgehead atoms. The Labute approximate surface area is 197 Å². The van der Waals surface area contributed by atoms with E-state index >= 15 is 0 Å². The minimum absolute atomic E-state index is 0.00591. The van der Waals surface area contributed by atoms with Gasteiger partial charge in [0.05, 0.1) is 33.3 Å². The van der Waals surface area contributed by atoms with Crippen molar-refractivity contribution < 1.29 is 13.2 Å². The first kappa shape index (κ1) is 23.5. The average molecular weight is 486 g/mol. The van der Waals surface area contributed by atoms with Crippen molar-refractivity contribution in [2.45, 2.75) is 43.6 Å². The predicted molar refractivity (Wildman–Crippen MR) is 132 cm³/mol. The average Bonchev–Trinajstić information content (AvgIpc) is 3.15. The summed E-state index contributed by atoms with van der Waals surface area (Å²) in [6, 6.07) is 12.6. The fraction of sp³-hybridized carbons (Fsp3) is 0.375. The van der Waals surface area contributed by atoms with Gasteiger partial charge in [-0.15, -0.1) is 0 Å². The number of aromatic nitrogens is 2. The van der Waals surface area contributed by atoms with Crippen LogP contribution < -0.4 is 5.56 Å². The Morgan fingerprint density at radius 1 is 1.18 bits per heavy atom. The number of sulfone groups is 1. The lowest BCUT2D eigenvalue weighted by Gasteiger charge is -2.26. The van der Waals surface area contributed by atoms with Crippen molar-refractivity contribution in [3.05, 3.63) is 63.9 Å². The van der Waals surface area contributed by atoms with E-state index in [1.165, 1.54) is 16.7 Å². The minimum Gasteiger partial charge on any atom is -0.341 e. The lowest BCUT2D eigenvalue weighted by molar-refractivity contribution is -0.130. The number of carbonyl (C=O) groups is 1. The topological polar surface area (TPSA) is 89.3 Å². The van der Waals surface area contributed by atoms with Gasteiger partial charge in [-0.1, -0.05) is 36.0 Å². The third-order valence-electron chi connectivity index (χ3n) is 6.30. The van der Waals surface area contributed by atoms with Crippen molar-refractivity contribution in [2.24, 2.45) is 0 Å². The van der Waals surface area contributed by atoms with Crippen LogP contribution in [0.3, 0.4) is 0 Å². The molecule has 33 heavy (non-hydrogen) atoms. The molecule has 4 rings (SSSR count). The Bertz CT molecular complexity index is 1400. The number of aryl methyl sites for hydroxylation is 1. The Kier molecular flexibility index (Phi) is 6.37. The SMILES string of the molecule is Cc1cccc(-n2c(SC(C)C(=O)N(C)C3CCS(=O)(=O)C3)nc3ccccc3c2=O)c1C. The van der Waals surface area contributed by atoms with E-state index in [0.29, 0.717) is 22.5 Å². The summed E-state index contributed by atoms with van der Waals surface area (Å²) in [5.41, 5.74) is 3.13. The van der Waals surface area contributed by atoms with E-state index in [0.717, 1.165) is 16.8 Å². The van der Waals surface area contributed by atoms with Crippen LogP contribution in [0, 0.1) is 13.8 Å². The molecule has 3 aromatic rings. The number of rotatable bonds is 5. The molecular formula is C24H27N3O4S2. The first-order valence-corrected chi connectivity index (χ1v) is 13.5. The van der Waals surface area contributed by atoms with Crippen molar-refractivity contribution >= 4 is 38.4 Å². The molecule has 7 nitrogen and oxygen atoms in total. The first-order valence-electron chi connectivity index (χ1n) is 10.8. The van der Waals surface area contributed by atoms with E-state index in [9.17, 15) is 18.0 Å². The number of hydrogen-bond acceptors (Lipinski definition) is 6. The van der Waals surface area contributed by atoms with Gasteiger partial charge in [-0.25, -0.2) is 13.4 Å². The van der Waals surface area contributed by atoms with Gasteiger partial charge in [-0.2, -0.15) is 0 Å². The molecule has 2 aromatic carbocycles. The zero-order valence-corrected chi connectivity index (χ0v) is 20.7. The summed E-state index contributed by atoms with van der Waals surface area (Å²) in [5.74, 6) is -0.0829. The number of benzene rings is 2. The van der Waals surface area contributed by atoms with Crippen molar-refractivity contribution in [3.8, 4) is 5.69 Å². The number of amides is 1. The second-order valence-corrected chi connectivity index (χ2v) is 12.1. The second-order valence-electron chi connectivity index (χ2n) is 8.54. The van der Waals surface area contributed by atoms with Gasteiger partial charge in [0.15, 0.2) is 15.0 Å². The molecule has 2 atom stereocenters. The van der Waals surface area contributed by atoms with Crippen LogP contribution in [-0.2, 0) is 14.6 Å². The molecule has 1 amide bonds. The van der Waals surface area contributed by atoms with E-state index in [1.807, 2.05) is 44.2 Å². The minimum atomic E-state index is -3.10. The van der Waals surface area contributed by atoms with Crippen LogP contribution in [0.15, 0.2) is 52.4 Å². The van der Waals surface area contributed by atoms with Gasteiger partial charge < -0.3 is 4.90 Å². The molecule has 0 N–H and O–H groups in total. The van der Waals surface area contributed by atoms with Crippen LogP contribution in [0.1, 0.15) is 24.5 Å². The van der Waals surface area contributed by atoms with E-state index in [4.69, 9.17) is 4.98 Å². The summed E-state index contributed by atoms with van der Waals surface area (Å²) >= 11 is 1.21. The number of hydrogen-bond donors (Lipinski definition) is 0. The van der Waals surface area contributed by atoms with Crippen LogP contribution in [0.2, 0.25) is 0 Å². The maximum absolute atomic E-state index is 13.5. The molecule has 174 valence electrons. The third kappa shape index (κ3) is 4.56. The summed E-state index contributed by atoms with van der Waals surface area (Å²) < 4.78 is 25.3. The first-order chi connectivity index (χ1) is 15.6. The van der Waals surface area contributed by atoms with E-state index < -0.39 is 15.1 Å². The molecule has 1 aromatic heterocycles. The van der Waals surface area contributed by atoms with Crippen LogP contribution in [0.5, 0.6) is 0 Å². The van der Waals surface area contributed by atoms with Crippen LogP contribution in [-0.4, -0.2) is 58.6 Å². The van der Waals surface area contributed by atoms with Gasteiger partial charge in [0.1, 0.15) is 0 Å². The molecule has 0 saturated carbocycles. The molecule has 1 aliphatic rings. The van der Waals surface area contributed by atoms with Crippen molar-refractivity contribution in [3.63, 3.8) is 0 Å². The fourth-order valence-electron chi connectivity index (χ4n) is 4.14. The molecule has 0 radical (unpaired) electrons. The number of thioether (sulfide) groups is 1. The molecule has 0 spiro atoms. The lowest BCUT2D eigenvalue weighted by atomic mass is 10.1. The Hall–Kier alpha value is -2.65. The highest BCUT2D eigenvalue weighted by molar-refractivity contribution is 8.00. The molecule has 1 saturated heterocycles. The van der Waals surface area contributed by atoms with Crippen LogP contribution in [0.4, 0.5) is 0 Å². The van der Waals surface area contributed by atoms with Gasteiger partial charge in [0.25, 0.3) is 5.56 Å².